The van der Waals surface area contributed by atoms with Crippen molar-refractivity contribution < 1.29 is 14.3 Å². The van der Waals surface area contributed by atoms with Crippen LogP contribution in [0.5, 0.6) is 5.75 Å². The van der Waals surface area contributed by atoms with Crippen LogP contribution in [-0.2, 0) is 0 Å². The number of nitrogen functional groups attached to an aromatic ring is 1. The van der Waals surface area contributed by atoms with Crippen molar-refractivity contribution in [3.63, 3.8) is 0 Å². The maximum atomic E-state index is 12.7. The molecule has 0 aliphatic heterocycles. The van der Waals surface area contributed by atoms with Crippen LogP contribution >= 0.6 is 0 Å². The summed E-state index contributed by atoms with van der Waals surface area (Å²) < 4.78 is 12.7. The summed E-state index contributed by atoms with van der Waals surface area (Å²) in [5.41, 5.74) is 6.41. The number of amides is 1. The Morgan fingerprint density at radius 3 is 2.50 bits per heavy atom. The average molecular weight is 246 g/mol. The molecule has 2 rings (SSSR count). The maximum absolute atomic E-state index is 12.7. The Hall–Kier alpha value is -2.56. The van der Waals surface area contributed by atoms with Crippen LogP contribution in [0.15, 0.2) is 42.5 Å². The van der Waals surface area contributed by atoms with Crippen LogP contribution in [0, 0.1) is 5.82 Å². The summed E-state index contributed by atoms with van der Waals surface area (Å²) in [5.74, 6) is -1.06. The summed E-state index contributed by atoms with van der Waals surface area (Å²) in [6.07, 6.45) is 0. The van der Waals surface area contributed by atoms with Gasteiger partial charge in [-0.3, -0.25) is 4.79 Å². The SMILES string of the molecule is Nc1ccc(O)c(C(=O)Nc2ccc(F)cc2)c1. The smallest absolute Gasteiger partial charge is 0.259 e. The number of benzene rings is 2. The van der Waals surface area contributed by atoms with E-state index >= 15 is 0 Å². The molecule has 2 aromatic rings. The Kier molecular flexibility index (Phi) is 3.14. The third-order valence-electron chi connectivity index (χ3n) is 2.37. The molecule has 0 aliphatic rings. The largest absolute Gasteiger partial charge is 0.507 e. The molecule has 0 aliphatic carbocycles. The number of anilines is 2. The fourth-order valence-electron chi connectivity index (χ4n) is 1.47. The molecule has 0 spiro atoms. The third kappa shape index (κ3) is 2.57. The van der Waals surface area contributed by atoms with Crippen LogP contribution < -0.4 is 11.1 Å². The molecular weight excluding hydrogens is 235 g/mol. The number of aromatic hydroxyl groups is 1. The molecule has 0 saturated carbocycles. The van der Waals surface area contributed by atoms with Gasteiger partial charge < -0.3 is 16.2 Å². The Labute approximate surface area is 103 Å². The zero-order valence-electron chi connectivity index (χ0n) is 9.35. The van der Waals surface area contributed by atoms with Crippen LogP contribution in [0.3, 0.4) is 0 Å². The minimum atomic E-state index is -0.508. The third-order valence-corrected chi connectivity index (χ3v) is 2.37. The van der Waals surface area contributed by atoms with Crippen molar-refractivity contribution in [3.05, 3.63) is 53.8 Å². The lowest BCUT2D eigenvalue weighted by Crippen LogP contribution is -2.12. The normalized spacial score (nSPS) is 10.1. The summed E-state index contributed by atoms with van der Waals surface area (Å²) in [5, 5.41) is 12.1. The van der Waals surface area contributed by atoms with E-state index in [0.29, 0.717) is 11.4 Å². The van der Waals surface area contributed by atoms with Gasteiger partial charge >= 0.3 is 0 Å². The molecular formula is C13H11FN2O2. The average Bonchev–Trinajstić information content (AvgIpc) is 2.35. The number of halogens is 1. The van der Waals surface area contributed by atoms with Crippen LogP contribution in [0.2, 0.25) is 0 Å². The standard InChI is InChI=1S/C13H11FN2O2/c14-8-1-4-10(5-2-8)16-13(18)11-7-9(15)3-6-12(11)17/h1-7,17H,15H2,(H,16,18). The zero-order valence-corrected chi connectivity index (χ0v) is 9.35. The highest BCUT2D eigenvalue weighted by Gasteiger charge is 2.11. The minimum absolute atomic E-state index is 0.0688. The summed E-state index contributed by atoms with van der Waals surface area (Å²) in [6, 6.07) is 9.52. The van der Waals surface area contributed by atoms with E-state index in [2.05, 4.69) is 5.32 Å². The van der Waals surface area contributed by atoms with Crippen LogP contribution in [0.4, 0.5) is 15.8 Å². The van der Waals surface area contributed by atoms with Gasteiger partial charge in [-0.05, 0) is 42.5 Å². The van der Waals surface area contributed by atoms with Gasteiger partial charge in [0, 0.05) is 11.4 Å². The number of hydrogen-bond acceptors (Lipinski definition) is 3. The summed E-state index contributed by atoms with van der Waals surface area (Å²) in [4.78, 5) is 11.9. The van der Waals surface area contributed by atoms with Gasteiger partial charge in [-0.15, -0.1) is 0 Å². The van der Waals surface area contributed by atoms with Crippen LogP contribution in [0.25, 0.3) is 0 Å². The molecule has 0 saturated heterocycles. The zero-order chi connectivity index (χ0) is 13.1. The van der Waals surface area contributed by atoms with E-state index in [1.54, 1.807) is 0 Å². The molecule has 4 nitrogen and oxygen atoms in total. The first-order valence-electron chi connectivity index (χ1n) is 5.21. The highest BCUT2D eigenvalue weighted by atomic mass is 19.1. The molecule has 0 fully saturated rings. The number of carbonyl (C=O) groups is 1. The number of nitrogens with one attached hydrogen (secondary N) is 1. The second kappa shape index (κ2) is 4.75. The van der Waals surface area contributed by atoms with Crippen molar-refractivity contribution in [2.75, 3.05) is 11.1 Å². The van der Waals surface area contributed by atoms with Gasteiger partial charge in [0.2, 0.25) is 0 Å². The lowest BCUT2D eigenvalue weighted by molar-refractivity contribution is 0.102. The highest BCUT2D eigenvalue weighted by molar-refractivity contribution is 6.06. The topological polar surface area (TPSA) is 75.3 Å². The predicted octanol–water partition coefficient (Wildman–Crippen LogP) is 2.37. The van der Waals surface area contributed by atoms with Gasteiger partial charge in [-0.25, -0.2) is 4.39 Å². The second-order valence-corrected chi connectivity index (χ2v) is 3.74. The van der Waals surface area contributed by atoms with Gasteiger partial charge in [0.25, 0.3) is 5.91 Å². The van der Waals surface area contributed by atoms with E-state index in [4.69, 9.17) is 5.73 Å². The molecule has 5 heteroatoms. The fraction of sp³-hybridized carbons (Fsp3) is 0. The lowest BCUT2D eigenvalue weighted by Gasteiger charge is -2.07. The molecule has 4 N–H and O–H groups in total. The first-order chi connectivity index (χ1) is 8.56. The lowest BCUT2D eigenvalue weighted by atomic mass is 10.1. The van der Waals surface area contributed by atoms with Crippen molar-refractivity contribution >= 4 is 17.3 Å². The van der Waals surface area contributed by atoms with Gasteiger partial charge in [-0.2, -0.15) is 0 Å². The van der Waals surface area contributed by atoms with E-state index in [1.165, 1.54) is 42.5 Å². The van der Waals surface area contributed by atoms with E-state index < -0.39 is 5.91 Å². The fourth-order valence-corrected chi connectivity index (χ4v) is 1.47. The van der Waals surface area contributed by atoms with E-state index in [-0.39, 0.29) is 17.1 Å². The number of phenolic OH excluding ortho intramolecular Hbond substituents is 1. The Balaban J connectivity index is 2.21. The molecule has 2 aromatic carbocycles. The Morgan fingerprint density at radius 1 is 1.17 bits per heavy atom. The maximum Gasteiger partial charge on any atom is 0.259 e. The molecule has 0 bridgehead atoms. The number of carbonyl (C=O) groups excluding carboxylic acids is 1. The van der Waals surface area contributed by atoms with Crippen molar-refractivity contribution in [2.45, 2.75) is 0 Å². The van der Waals surface area contributed by atoms with E-state index in [1.807, 2.05) is 0 Å². The molecule has 0 unspecified atom stereocenters. The summed E-state index contributed by atoms with van der Waals surface area (Å²) >= 11 is 0. The predicted molar refractivity (Wildman–Crippen MR) is 66.9 cm³/mol. The quantitative estimate of drug-likeness (QED) is 0.562. The number of rotatable bonds is 2. The number of hydrogen-bond donors (Lipinski definition) is 3. The molecule has 18 heavy (non-hydrogen) atoms. The molecule has 1 amide bonds. The van der Waals surface area contributed by atoms with Gasteiger partial charge in [0.05, 0.1) is 5.56 Å². The number of phenols is 1. The first kappa shape index (κ1) is 11.9. The van der Waals surface area contributed by atoms with Crippen LogP contribution in [-0.4, -0.2) is 11.0 Å². The monoisotopic (exact) mass is 246 g/mol. The van der Waals surface area contributed by atoms with Crippen molar-refractivity contribution in [1.82, 2.24) is 0 Å². The molecule has 0 heterocycles. The minimum Gasteiger partial charge on any atom is -0.507 e. The van der Waals surface area contributed by atoms with Gasteiger partial charge in [-0.1, -0.05) is 0 Å². The van der Waals surface area contributed by atoms with E-state index in [9.17, 15) is 14.3 Å². The number of nitrogens with two attached hydrogens (primary N) is 1. The molecule has 0 aromatic heterocycles. The molecule has 92 valence electrons. The van der Waals surface area contributed by atoms with Gasteiger partial charge in [0.15, 0.2) is 0 Å². The first-order valence-corrected chi connectivity index (χ1v) is 5.21. The van der Waals surface area contributed by atoms with Crippen LogP contribution in [0.1, 0.15) is 10.4 Å². The second-order valence-electron chi connectivity index (χ2n) is 3.74. The van der Waals surface area contributed by atoms with E-state index in [0.717, 1.165) is 0 Å². The Morgan fingerprint density at radius 2 is 1.83 bits per heavy atom. The Bertz CT molecular complexity index is 582. The summed E-state index contributed by atoms with van der Waals surface area (Å²) in [7, 11) is 0. The summed E-state index contributed by atoms with van der Waals surface area (Å²) in [6.45, 7) is 0. The highest BCUT2D eigenvalue weighted by Crippen LogP contribution is 2.21. The van der Waals surface area contributed by atoms with Crippen molar-refractivity contribution in [1.29, 1.82) is 0 Å². The van der Waals surface area contributed by atoms with Crippen molar-refractivity contribution in [3.8, 4) is 5.75 Å². The van der Waals surface area contributed by atoms with Gasteiger partial charge in [0.1, 0.15) is 11.6 Å². The molecule has 0 radical (unpaired) electrons. The molecule has 0 atom stereocenters. The van der Waals surface area contributed by atoms with Crippen molar-refractivity contribution in [2.24, 2.45) is 0 Å².